The van der Waals surface area contributed by atoms with Crippen LogP contribution in [-0.2, 0) is 17.8 Å². The molecular formula is C13H24N4O2. The maximum atomic E-state index is 11.5. The Bertz CT molecular complexity index is 399. The molecule has 0 saturated heterocycles. The Hall–Kier alpha value is -1.46. The molecule has 6 nitrogen and oxygen atoms in total. The van der Waals surface area contributed by atoms with Gasteiger partial charge in [-0.1, -0.05) is 33.6 Å². The molecule has 1 aromatic heterocycles. The van der Waals surface area contributed by atoms with Crippen LogP contribution < -0.4 is 0 Å². The van der Waals surface area contributed by atoms with Crippen LogP contribution in [0.25, 0.3) is 0 Å². The molecule has 19 heavy (non-hydrogen) atoms. The Kier molecular flexibility index (Phi) is 5.92. The number of aromatic nitrogens is 4. The molecule has 0 aliphatic carbocycles. The molecule has 0 saturated carbocycles. The number of tetrazole rings is 1. The van der Waals surface area contributed by atoms with E-state index < -0.39 is 11.4 Å². The van der Waals surface area contributed by atoms with Gasteiger partial charge in [-0.15, -0.1) is 5.10 Å². The molecule has 0 atom stereocenters. The first-order valence-corrected chi connectivity index (χ1v) is 7.08. The van der Waals surface area contributed by atoms with Gasteiger partial charge >= 0.3 is 5.97 Å². The van der Waals surface area contributed by atoms with E-state index >= 15 is 0 Å². The van der Waals surface area contributed by atoms with Crippen LogP contribution in [0.2, 0.25) is 0 Å². The summed E-state index contributed by atoms with van der Waals surface area (Å²) in [5, 5.41) is 21.1. The Morgan fingerprint density at radius 2 is 1.95 bits per heavy atom. The number of aryl methyl sites for hydroxylation is 1. The predicted molar refractivity (Wildman–Crippen MR) is 71.7 cm³/mol. The molecule has 108 valence electrons. The Morgan fingerprint density at radius 1 is 1.26 bits per heavy atom. The highest BCUT2D eigenvalue weighted by molar-refractivity contribution is 5.74. The number of rotatable bonds is 9. The maximum Gasteiger partial charge on any atom is 0.311 e. The lowest BCUT2D eigenvalue weighted by molar-refractivity contribution is -0.150. The van der Waals surface area contributed by atoms with Gasteiger partial charge in [0.15, 0.2) is 5.82 Å². The molecule has 0 amide bonds. The molecule has 0 bridgehead atoms. The van der Waals surface area contributed by atoms with E-state index in [1.165, 1.54) is 0 Å². The van der Waals surface area contributed by atoms with Gasteiger partial charge in [-0.25, -0.2) is 4.68 Å². The SMILES string of the molecule is CCCCCc1nnnn1CC(CC)(CC)C(=O)O. The van der Waals surface area contributed by atoms with E-state index in [2.05, 4.69) is 22.4 Å². The number of carbonyl (C=O) groups is 1. The molecule has 0 aliphatic rings. The first kappa shape index (κ1) is 15.6. The van der Waals surface area contributed by atoms with E-state index in [0.29, 0.717) is 19.4 Å². The Morgan fingerprint density at radius 3 is 2.47 bits per heavy atom. The van der Waals surface area contributed by atoms with E-state index in [1.807, 2.05) is 13.8 Å². The van der Waals surface area contributed by atoms with E-state index in [4.69, 9.17) is 0 Å². The number of carboxylic acid groups (broad SMARTS) is 1. The van der Waals surface area contributed by atoms with Gasteiger partial charge in [0.05, 0.1) is 12.0 Å². The summed E-state index contributed by atoms with van der Waals surface area (Å²) in [4.78, 5) is 11.5. The molecule has 6 heteroatoms. The minimum atomic E-state index is -0.771. The smallest absolute Gasteiger partial charge is 0.311 e. The van der Waals surface area contributed by atoms with Crippen molar-refractivity contribution in [3.8, 4) is 0 Å². The second kappa shape index (κ2) is 7.21. The summed E-state index contributed by atoms with van der Waals surface area (Å²) in [6, 6.07) is 0. The predicted octanol–water partition coefficient (Wildman–Crippen LogP) is 2.30. The molecule has 0 radical (unpaired) electrons. The van der Waals surface area contributed by atoms with Crippen molar-refractivity contribution in [3.63, 3.8) is 0 Å². The van der Waals surface area contributed by atoms with Crippen LogP contribution in [0.15, 0.2) is 0 Å². The average Bonchev–Trinajstić information content (AvgIpc) is 2.83. The van der Waals surface area contributed by atoms with Crippen molar-refractivity contribution < 1.29 is 9.90 Å². The van der Waals surface area contributed by atoms with Gasteiger partial charge in [-0.3, -0.25) is 4.79 Å². The second-order valence-corrected chi connectivity index (χ2v) is 5.00. The first-order valence-electron chi connectivity index (χ1n) is 7.08. The molecule has 0 aliphatic heterocycles. The van der Waals surface area contributed by atoms with Crippen LogP contribution in [0.5, 0.6) is 0 Å². The van der Waals surface area contributed by atoms with Crippen molar-refractivity contribution in [3.05, 3.63) is 5.82 Å². The van der Waals surface area contributed by atoms with Gasteiger partial charge in [0.1, 0.15) is 0 Å². The zero-order valence-corrected chi connectivity index (χ0v) is 12.1. The summed E-state index contributed by atoms with van der Waals surface area (Å²) >= 11 is 0. The third-order valence-corrected chi connectivity index (χ3v) is 3.87. The van der Waals surface area contributed by atoms with Gasteiger partial charge in [0.2, 0.25) is 0 Å². The number of unbranched alkanes of at least 4 members (excludes halogenated alkanes) is 2. The van der Waals surface area contributed by atoms with Crippen molar-refractivity contribution in [1.29, 1.82) is 0 Å². The van der Waals surface area contributed by atoms with Crippen LogP contribution in [0.4, 0.5) is 0 Å². The minimum Gasteiger partial charge on any atom is -0.481 e. The lowest BCUT2D eigenvalue weighted by Crippen LogP contribution is -2.35. The number of aliphatic carboxylic acids is 1. The maximum absolute atomic E-state index is 11.5. The van der Waals surface area contributed by atoms with E-state index in [0.717, 1.165) is 31.5 Å². The molecule has 0 spiro atoms. The molecule has 1 N–H and O–H groups in total. The summed E-state index contributed by atoms with van der Waals surface area (Å²) in [5.41, 5.74) is -0.769. The average molecular weight is 268 g/mol. The lowest BCUT2D eigenvalue weighted by atomic mass is 9.82. The zero-order chi connectivity index (χ0) is 14.3. The topological polar surface area (TPSA) is 80.9 Å². The van der Waals surface area contributed by atoms with Crippen molar-refractivity contribution in [2.75, 3.05) is 0 Å². The lowest BCUT2D eigenvalue weighted by Gasteiger charge is -2.26. The Labute approximate surface area is 114 Å². The van der Waals surface area contributed by atoms with Crippen LogP contribution in [-0.4, -0.2) is 31.3 Å². The minimum absolute atomic E-state index is 0.351. The number of hydrogen-bond acceptors (Lipinski definition) is 4. The quantitative estimate of drug-likeness (QED) is 0.695. The standard InChI is InChI=1S/C13H24N4O2/c1-4-7-8-9-11-14-15-16-17(11)10-13(5-2,6-3)12(18)19/h4-10H2,1-3H3,(H,18,19). The molecule has 0 unspecified atom stereocenters. The fourth-order valence-corrected chi connectivity index (χ4v) is 2.19. The van der Waals surface area contributed by atoms with Gasteiger partial charge < -0.3 is 5.11 Å². The molecule has 1 heterocycles. The van der Waals surface area contributed by atoms with Gasteiger partial charge in [-0.05, 0) is 29.7 Å². The van der Waals surface area contributed by atoms with Crippen LogP contribution >= 0.6 is 0 Å². The van der Waals surface area contributed by atoms with E-state index in [-0.39, 0.29) is 0 Å². The second-order valence-electron chi connectivity index (χ2n) is 5.00. The van der Waals surface area contributed by atoms with Crippen molar-refractivity contribution in [2.45, 2.75) is 65.8 Å². The summed E-state index contributed by atoms with van der Waals surface area (Å²) < 4.78 is 1.66. The molecule has 1 rings (SSSR count). The van der Waals surface area contributed by atoms with Crippen molar-refractivity contribution in [2.24, 2.45) is 5.41 Å². The van der Waals surface area contributed by atoms with Crippen LogP contribution in [0.3, 0.4) is 0 Å². The van der Waals surface area contributed by atoms with Crippen LogP contribution in [0, 0.1) is 5.41 Å². The van der Waals surface area contributed by atoms with E-state index in [9.17, 15) is 9.90 Å². The molecular weight excluding hydrogens is 244 g/mol. The largest absolute Gasteiger partial charge is 0.481 e. The highest BCUT2D eigenvalue weighted by atomic mass is 16.4. The summed E-state index contributed by atoms with van der Waals surface area (Å²) in [5.74, 6) is 0.0217. The van der Waals surface area contributed by atoms with Gasteiger partial charge in [0.25, 0.3) is 0 Å². The van der Waals surface area contributed by atoms with Crippen molar-refractivity contribution in [1.82, 2.24) is 20.2 Å². The highest BCUT2D eigenvalue weighted by Crippen LogP contribution is 2.29. The normalized spacial score (nSPS) is 11.7. The number of nitrogens with zero attached hydrogens (tertiary/aromatic N) is 4. The third kappa shape index (κ3) is 3.75. The van der Waals surface area contributed by atoms with Crippen molar-refractivity contribution >= 4 is 5.97 Å². The zero-order valence-electron chi connectivity index (χ0n) is 12.1. The Balaban J connectivity index is 2.80. The molecule has 0 fully saturated rings. The first-order chi connectivity index (χ1) is 9.09. The molecule has 0 aromatic carbocycles. The van der Waals surface area contributed by atoms with Crippen LogP contribution in [0.1, 0.15) is 58.7 Å². The fraction of sp³-hybridized carbons (Fsp3) is 0.846. The summed E-state index contributed by atoms with van der Waals surface area (Å²) in [7, 11) is 0. The summed E-state index contributed by atoms with van der Waals surface area (Å²) in [6.45, 7) is 6.30. The highest BCUT2D eigenvalue weighted by Gasteiger charge is 2.36. The van der Waals surface area contributed by atoms with Gasteiger partial charge in [-0.2, -0.15) is 0 Å². The fourth-order valence-electron chi connectivity index (χ4n) is 2.19. The number of carboxylic acids is 1. The third-order valence-electron chi connectivity index (χ3n) is 3.87. The number of hydrogen-bond donors (Lipinski definition) is 1. The summed E-state index contributed by atoms with van der Waals surface area (Å²) in [6.07, 6.45) is 5.28. The monoisotopic (exact) mass is 268 g/mol. The van der Waals surface area contributed by atoms with Gasteiger partial charge in [0, 0.05) is 6.42 Å². The molecule has 1 aromatic rings. The van der Waals surface area contributed by atoms with E-state index in [1.54, 1.807) is 4.68 Å².